The molecule has 84 valence electrons. The Morgan fingerprint density at radius 2 is 1.61 bits per heavy atom. The normalized spacial score (nSPS) is 17.3. The fourth-order valence-corrected chi connectivity index (χ4v) is 2.63. The van der Waals surface area contributed by atoms with Crippen LogP contribution in [-0.4, -0.2) is 24.8 Å². The summed E-state index contributed by atoms with van der Waals surface area (Å²) in [6, 6.07) is 19.2. The summed E-state index contributed by atoms with van der Waals surface area (Å²) >= 11 is 2.25. The third kappa shape index (κ3) is 1.90. The fourth-order valence-electron chi connectivity index (χ4n) is 2.63. The zero-order chi connectivity index (χ0) is 12.5. The van der Waals surface area contributed by atoms with E-state index in [0.29, 0.717) is 4.59 Å². The summed E-state index contributed by atoms with van der Waals surface area (Å²) < 4.78 is 0.502. The van der Waals surface area contributed by atoms with Crippen molar-refractivity contribution in [1.29, 1.82) is 0 Å². The van der Waals surface area contributed by atoms with E-state index in [0.717, 1.165) is 0 Å². The third-order valence-corrected chi connectivity index (χ3v) is 3.64. The molecule has 0 heterocycles. The van der Waals surface area contributed by atoms with Crippen LogP contribution >= 0.6 is 0 Å². The zero-order valence-corrected chi connectivity index (χ0v) is 10.8. The molecule has 1 aliphatic rings. The Balaban J connectivity index is 2.02. The molecule has 0 spiro atoms. The van der Waals surface area contributed by atoms with Gasteiger partial charge in [0, 0.05) is 0 Å². The number of hydrogen-bond acceptors (Lipinski definition) is 1. The van der Waals surface area contributed by atoms with Crippen LogP contribution in [0, 0.1) is 0 Å². The van der Waals surface area contributed by atoms with Gasteiger partial charge in [0.25, 0.3) is 0 Å². The van der Waals surface area contributed by atoms with Gasteiger partial charge < -0.3 is 0 Å². The number of hydrogen-bond donors (Lipinski definition) is 0. The van der Waals surface area contributed by atoms with E-state index in [4.69, 9.17) is 0 Å². The molecule has 0 aromatic heterocycles. The number of para-hydroxylation sites is 1. The van der Waals surface area contributed by atoms with Gasteiger partial charge in [0.2, 0.25) is 0 Å². The molecule has 3 rings (SSSR count). The van der Waals surface area contributed by atoms with Crippen LogP contribution in [-0.2, 0) is 0 Å². The van der Waals surface area contributed by atoms with E-state index in [1.165, 1.54) is 22.5 Å². The molecular weight excluding hydrogens is 213 g/mol. The Morgan fingerprint density at radius 3 is 2.39 bits per heavy atom. The van der Waals surface area contributed by atoms with Crippen LogP contribution in [0.4, 0.5) is 5.69 Å². The van der Waals surface area contributed by atoms with E-state index in [2.05, 4.69) is 90.3 Å². The van der Waals surface area contributed by atoms with Crippen molar-refractivity contribution in [3.8, 4) is 0 Å². The quantitative estimate of drug-likeness (QED) is 0.711. The molecule has 1 nitrogen and oxygen atoms in total. The summed E-state index contributed by atoms with van der Waals surface area (Å²) in [4.78, 5) is 2.27. The fraction of sp³-hybridized carbons (Fsp3) is 0.125. The first kappa shape index (κ1) is 11.7. The van der Waals surface area contributed by atoms with Crippen LogP contribution in [0.3, 0.4) is 0 Å². The molecule has 0 radical (unpaired) electrons. The van der Waals surface area contributed by atoms with Gasteiger partial charge in [-0.1, -0.05) is 0 Å². The molecule has 0 fully saturated rings. The van der Waals surface area contributed by atoms with Crippen LogP contribution in [0.2, 0.25) is 0 Å². The van der Waals surface area contributed by atoms with E-state index in [-0.39, 0.29) is 0 Å². The van der Waals surface area contributed by atoms with E-state index in [1.54, 1.807) is 0 Å². The molecule has 0 saturated carbocycles. The Kier molecular flexibility index (Phi) is 3.03. The first-order valence-corrected chi connectivity index (χ1v) is 6.37. The van der Waals surface area contributed by atoms with Gasteiger partial charge in [0.1, 0.15) is 0 Å². The van der Waals surface area contributed by atoms with Crippen molar-refractivity contribution in [3.05, 3.63) is 71.8 Å². The molecule has 2 aromatic carbocycles. The summed E-state index contributed by atoms with van der Waals surface area (Å²) in [6.07, 6.45) is 2.34. The van der Waals surface area contributed by atoms with Crippen molar-refractivity contribution < 1.29 is 0 Å². The molecule has 18 heavy (non-hydrogen) atoms. The number of fused-ring (bicyclic) bond motifs is 1. The molecule has 0 amide bonds. The van der Waals surface area contributed by atoms with Gasteiger partial charge in [-0.25, -0.2) is 0 Å². The number of anilines is 1. The molecule has 0 saturated heterocycles. The molecule has 1 aliphatic carbocycles. The van der Waals surface area contributed by atoms with Gasteiger partial charge in [-0.05, 0) is 0 Å². The Morgan fingerprint density at radius 1 is 0.944 bits per heavy atom. The van der Waals surface area contributed by atoms with Crippen molar-refractivity contribution >= 4 is 29.1 Å². The standard InChI is InChI=1S/C16H14N.Li/c1-17(14-8-3-2-4-9-14)16-12-11-13-7-5-6-10-15(13)16;/h2-12H,1H3;. The molecule has 0 N–H and O–H groups in total. The second kappa shape index (κ2) is 4.69. The maximum absolute atomic E-state index is 2.34. The van der Waals surface area contributed by atoms with Crippen LogP contribution < -0.4 is 4.90 Å². The predicted octanol–water partition coefficient (Wildman–Crippen LogP) is 3.39. The molecular formula is C16H14LiN. The minimum atomic E-state index is 0.502. The van der Waals surface area contributed by atoms with Gasteiger partial charge in [0.15, 0.2) is 0 Å². The Bertz CT molecular complexity index is 589. The summed E-state index contributed by atoms with van der Waals surface area (Å²) in [5.41, 5.74) is 5.32. The first-order valence-electron chi connectivity index (χ1n) is 6.37. The number of rotatable bonds is 2. The van der Waals surface area contributed by atoms with E-state index in [1.807, 2.05) is 0 Å². The summed E-state index contributed by atoms with van der Waals surface area (Å²) in [6.45, 7) is 0. The number of nitrogens with zero attached hydrogens (tertiary/aromatic N) is 1. The molecule has 0 aliphatic heterocycles. The number of benzene rings is 2. The summed E-state index contributed by atoms with van der Waals surface area (Å²) in [5, 5.41) is 0. The van der Waals surface area contributed by atoms with Crippen molar-refractivity contribution in [2.75, 3.05) is 11.9 Å². The SMILES string of the molecule is [Li][CH]1C=C(N(C)c2ccccc2)c2ccccc21. The van der Waals surface area contributed by atoms with Gasteiger partial charge in [0.05, 0.1) is 0 Å². The van der Waals surface area contributed by atoms with Gasteiger partial charge >= 0.3 is 117 Å². The molecule has 0 bridgehead atoms. The second-order valence-corrected chi connectivity index (χ2v) is 4.82. The molecule has 1 atom stereocenters. The van der Waals surface area contributed by atoms with Crippen LogP contribution in [0.15, 0.2) is 60.7 Å². The summed E-state index contributed by atoms with van der Waals surface area (Å²) in [7, 11) is 2.13. The predicted molar refractivity (Wildman–Crippen MR) is 77.8 cm³/mol. The average Bonchev–Trinajstić information content (AvgIpc) is 2.77. The van der Waals surface area contributed by atoms with Crippen LogP contribution in [0.25, 0.3) is 5.70 Å². The first-order chi connectivity index (χ1) is 8.77. The van der Waals surface area contributed by atoms with Crippen molar-refractivity contribution in [2.45, 2.75) is 4.59 Å². The van der Waals surface area contributed by atoms with Crippen LogP contribution in [0.1, 0.15) is 15.7 Å². The van der Waals surface area contributed by atoms with Gasteiger partial charge in [-0.2, -0.15) is 0 Å². The van der Waals surface area contributed by atoms with Gasteiger partial charge in [-0.3, -0.25) is 0 Å². The van der Waals surface area contributed by atoms with Gasteiger partial charge in [-0.15, -0.1) is 0 Å². The number of allylic oxidation sites excluding steroid dienone is 1. The monoisotopic (exact) mass is 227 g/mol. The van der Waals surface area contributed by atoms with Crippen molar-refractivity contribution in [2.24, 2.45) is 0 Å². The second-order valence-electron chi connectivity index (χ2n) is 4.82. The Hall–Kier alpha value is -1.42. The summed E-state index contributed by atoms with van der Waals surface area (Å²) in [5.74, 6) is 0. The van der Waals surface area contributed by atoms with E-state index < -0.39 is 0 Å². The minimum absolute atomic E-state index is 0.502. The average molecular weight is 227 g/mol. The van der Waals surface area contributed by atoms with E-state index in [9.17, 15) is 0 Å². The van der Waals surface area contributed by atoms with Crippen LogP contribution in [0.5, 0.6) is 0 Å². The third-order valence-electron chi connectivity index (χ3n) is 3.64. The molecule has 2 heteroatoms. The topological polar surface area (TPSA) is 3.24 Å². The Labute approximate surface area is 117 Å². The van der Waals surface area contributed by atoms with Crippen molar-refractivity contribution in [3.63, 3.8) is 0 Å². The maximum atomic E-state index is 2.34. The molecule has 1 unspecified atom stereocenters. The zero-order valence-electron chi connectivity index (χ0n) is 10.8. The van der Waals surface area contributed by atoms with E-state index >= 15 is 0 Å². The molecule has 2 aromatic rings. The van der Waals surface area contributed by atoms with Crippen molar-refractivity contribution in [1.82, 2.24) is 0 Å².